The second kappa shape index (κ2) is 9.49. The van der Waals surface area contributed by atoms with E-state index in [0.717, 1.165) is 11.3 Å². The molecule has 9 nitrogen and oxygen atoms in total. The highest BCUT2D eigenvalue weighted by molar-refractivity contribution is 6.31. The number of para-hydroxylation sites is 1. The number of aromatic nitrogens is 5. The summed E-state index contributed by atoms with van der Waals surface area (Å²) in [7, 11) is 1.71. The fourth-order valence-electron chi connectivity index (χ4n) is 3.14. The van der Waals surface area contributed by atoms with Crippen LogP contribution in [0.3, 0.4) is 0 Å². The van der Waals surface area contributed by atoms with E-state index in [1.54, 1.807) is 18.7 Å². The summed E-state index contributed by atoms with van der Waals surface area (Å²) in [6, 6.07) is 18.8. The quantitative estimate of drug-likeness (QED) is 0.351. The van der Waals surface area contributed by atoms with E-state index in [2.05, 4.69) is 26.0 Å². The Labute approximate surface area is 194 Å². The van der Waals surface area contributed by atoms with Crippen molar-refractivity contribution >= 4 is 29.5 Å². The van der Waals surface area contributed by atoms with Crippen LogP contribution in [0.5, 0.6) is 0 Å². The number of hydrogen-bond acceptors (Lipinski definition) is 5. The van der Waals surface area contributed by atoms with E-state index in [-0.39, 0.29) is 5.82 Å². The lowest BCUT2D eigenvalue weighted by Gasteiger charge is -2.05. The summed E-state index contributed by atoms with van der Waals surface area (Å²) in [6.07, 6.45) is 2.78. The molecule has 0 aliphatic heterocycles. The molecule has 33 heavy (non-hydrogen) atoms. The number of amides is 2. The van der Waals surface area contributed by atoms with Crippen molar-refractivity contribution in [1.82, 2.24) is 35.4 Å². The van der Waals surface area contributed by atoms with Crippen LogP contribution in [0, 0.1) is 6.92 Å². The monoisotopic (exact) mass is 461 g/mol. The maximum atomic E-state index is 12.6. The summed E-state index contributed by atoms with van der Waals surface area (Å²) in [6.45, 7) is 1.78. The summed E-state index contributed by atoms with van der Waals surface area (Å²) >= 11 is 6.15. The number of hydrogen-bond donors (Lipinski definition) is 2. The molecule has 0 fully saturated rings. The zero-order chi connectivity index (χ0) is 23.4. The first-order valence-corrected chi connectivity index (χ1v) is 10.4. The highest BCUT2D eigenvalue weighted by atomic mass is 35.5. The van der Waals surface area contributed by atoms with Crippen molar-refractivity contribution < 1.29 is 9.59 Å². The highest BCUT2D eigenvalue weighted by Gasteiger charge is 2.19. The Morgan fingerprint density at radius 2 is 1.64 bits per heavy atom. The van der Waals surface area contributed by atoms with Crippen molar-refractivity contribution in [3.8, 4) is 17.1 Å². The molecule has 2 aromatic heterocycles. The van der Waals surface area contributed by atoms with E-state index in [4.69, 9.17) is 11.6 Å². The van der Waals surface area contributed by atoms with Gasteiger partial charge < -0.3 is 0 Å². The van der Waals surface area contributed by atoms with Crippen LogP contribution in [0.1, 0.15) is 21.9 Å². The molecule has 0 aliphatic carbocycles. The second-order valence-electron chi connectivity index (χ2n) is 7.06. The largest absolute Gasteiger partial charge is 0.309 e. The summed E-state index contributed by atoms with van der Waals surface area (Å²) in [4.78, 5) is 29.2. The number of carbonyl (C=O) groups excluding carboxylic acids is 2. The zero-order valence-electron chi connectivity index (χ0n) is 17.9. The fraction of sp³-hybridized carbons (Fsp3) is 0.0870. The number of nitrogens with zero attached hydrogens (tertiary/aromatic N) is 5. The van der Waals surface area contributed by atoms with Crippen molar-refractivity contribution in [2.75, 3.05) is 0 Å². The molecule has 0 saturated heterocycles. The Bertz CT molecular complexity index is 1270. The predicted octanol–water partition coefficient (Wildman–Crippen LogP) is 3.10. The Morgan fingerprint density at radius 3 is 2.27 bits per heavy atom. The lowest BCUT2D eigenvalue weighted by molar-refractivity contribution is -0.117. The van der Waals surface area contributed by atoms with Gasteiger partial charge in [0.1, 0.15) is 5.15 Å². The zero-order valence-corrected chi connectivity index (χ0v) is 18.6. The van der Waals surface area contributed by atoms with Crippen LogP contribution in [0.15, 0.2) is 66.7 Å². The molecular formula is C23H20ClN7O2. The molecule has 0 aliphatic rings. The van der Waals surface area contributed by atoms with E-state index in [0.29, 0.717) is 22.2 Å². The first kappa shape index (κ1) is 22.0. The minimum atomic E-state index is -0.654. The maximum Gasteiger partial charge on any atom is 0.309 e. The molecule has 2 heterocycles. The van der Waals surface area contributed by atoms with Crippen molar-refractivity contribution in [3.63, 3.8) is 0 Å². The lowest BCUT2D eigenvalue weighted by Crippen LogP contribution is -2.41. The number of benzene rings is 2. The standard InChI is InChI=1S/C23H20ClN7O2/c1-15-18(20(24)30(2)28-15)13-14-19(32)26-27-23(33)21-25-22(16-9-5-3-6-10-16)31(29-21)17-11-7-4-8-12-17/h3-14H,1-2H3,(H,26,32)(H,27,33)/b14-13+. The molecule has 2 N–H and O–H groups in total. The van der Waals surface area contributed by atoms with E-state index >= 15 is 0 Å². The van der Waals surface area contributed by atoms with Crippen LogP contribution in [-0.4, -0.2) is 36.4 Å². The third kappa shape index (κ3) is 4.83. The van der Waals surface area contributed by atoms with Crippen LogP contribution >= 0.6 is 11.6 Å². The molecule has 0 bridgehead atoms. The van der Waals surface area contributed by atoms with Crippen molar-refractivity contribution in [1.29, 1.82) is 0 Å². The number of aryl methyl sites for hydroxylation is 2. The molecule has 166 valence electrons. The number of halogens is 1. The highest BCUT2D eigenvalue weighted by Crippen LogP contribution is 2.21. The Kier molecular flexibility index (Phi) is 6.32. The van der Waals surface area contributed by atoms with Crippen LogP contribution < -0.4 is 10.9 Å². The van der Waals surface area contributed by atoms with Gasteiger partial charge in [-0.1, -0.05) is 60.1 Å². The van der Waals surface area contributed by atoms with Crippen LogP contribution in [0.2, 0.25) is 5.15 Å². The van der Waals surface area contributed by atoms with E-state index in [1.165, 1.54) is 16.8 Å². The fourth-order valence-corrected chi connectivity index (χ4v) is 3.38. The summed E-state index contributed by atoms with van der Waals surface area (Å²) in [5.74, 6) is -0.791. The normalized spacial score (nSPS) is 11.0. The van der Waals surface area contributed by atoms with Gasteiger partial charge in [0.25, 0.3) is 5.91 Å². The smallest absolute Gasteiger partial charge is 0.268 e. The molecule has 2 aromatic carbocycles. The summed E-state index contributed by atoms with van der Waals surface area (Å²) in [5, 5.41) is 8.93. The van der Waals surface area contributed by atoms with Gasteiger partial charge in [-0.05, 0) is 25.1 Å². The van der Waals surface area contributed by atoms with Gasteiger partial charge >= 0.3 is 5.91 Å². The van der Waals surface area contributed by atoms with Gasteiger partial charge in [-0.3, -0.25) is 25.1 Å². The van der Waals surface area contributed by atoms with Gasteiger partial charge in [0.2, 0.25) is 5.82 Å². The average molecular weight is 462 g/mol. The number of nitrogens with one attached hydrogen (secondary N) is 2. The topological polar surface area (TPSA) is 107 Å². The SMILES string of the molecule is Cc1nn(C)c(Cl)c1/C=C/C(=O)NNC(=O)c1nc(-c2ccccc2)n(-c2ccccc2)n1. The van der Waals surface area contributed by atoms with Crippen molar-refractivity contribution in [2.24, 2.45) is 7.05 Å². The third-order valence-corrected chi connectivity index (χ3v) is 5.19. The number of carbonyl (C=O) groups is 2. The lowest BCUT2D eigenvalue weighted by atomic mass is 10.2. The molecule has 0 spiro atoms. The molecule has 10 heteroatoms. The molecule has 0 saturated carbocycles. The molecular weight excluding hydrogens is 442 g/mol. The van der Waals surface area contributed by atoms with Crippen LogP contribution in [0.25, 0.3) is 23.2 Å². The van der Waals surface area contributed by atoms with E-state index in [1.807, 2.05) is 60.7 Å². The first-order chi connectivity index (χ1) is 15.9. The minimum absolute atomic E-state index is 0.0897. The van der Waals surface area contributed by atoms with E-state index in [9.17, 15) is 9.59 Å². The number of rotatable bonds is 5. The minimum Gasteiger partial charge on any atom is -0.268 e. The molecule has 0 radical (unpaired) electrons. The molecule has 4 aromatic rings. The van der Waals surface area contributed by atoms with Gasteiger partial charge in [0.05, 0.1) is 11.4 Å². The van der Waals surface area contributed by atoms with Gasteiger partial charge in [0, 0.05) is 24.3 Å². The molecule has 4 rings (SSSR count). The van der Waals surface area contributed by atoms with Gasteiger partial charge in [-0.25, -0.2) is 9.67 Å². The molecule has 0 unspecified atom stereocenters. The van der Waals surface area contributed by atoms with Gasteiger partial charge in [0.15, 0.2) is 5.82 Å². The number of hydrazine groups is 1. The second-order valence-corrected chi connectivity index (χ2v) is 7.42. The summed E-state index contributed by atoms with van der Waals surface area (Å²) < 4.78 is 3.09. The van der Waals surface area contributed by atoms with Crippen LogP contribution in [0.4, 0.5) is 0 Å². The van der Waals surface area contributed by atoms with Gasteiger partial charge in [-0.15, -0.1) is 5.10 Å². The predicted molar refractivity (Wildman–Crippen MR) is 124 cm³/mol. The maximum absolute atomic E-state index is 12.6. The van der Waals surface area contributed by atoms with Crippen molar-refractivity contribution in [3.05, 3.63) is 89.0 Å². The average Bonchev–Trinajstić information content (AvgIpc) is 3.38. The van der Waals surface area contributed by atoms with Crippen LogP contribution in [-0.2, 0) is 11.8 Å². The Hall–Kier alpha value is -4.24. The summed E-state index contributed by atoms with van der Waals surface area (Å²) in [5.41, 5.74) is 7.50. The first-order valence-electron chi connectivity index (χ1n) is 9.99. The van der Waals surface area contributed by atoms with Crippen molar-refractivity contribution in [2.45, 2.75) is 6.92 Å². The van der Waals surface area contributed by atoms with E-state index < -0.39 is 11.8 Å². The Balaban J connectivity index is 1.51. The van der Waals surface area contributed by atoms with Gasteiger partial charge in [-0.2, -0.15) is 5.10 Å². The molecule has 0 atom stereocenters. The molecule has 2 amide bonds. The third-order valence-electron chi connectivity index (χ3n) is 4.74. The Morgan fingerprint density at radius 1 is 0.970 bits per heavy atom.